The van der Waals surface area contributed by atoms with E-state index in [0.717, 1.165) is 5.75 Å². The van der Waals surface area contributed by atoms with Crippen LogP contribution < -0.4 is 4.74 Å². The fraction of sp³-hybridized carbons (Fsp3) is 0.538. The Balaban J connectivity index is 1.85. The average molecular weight is 240 g/mol. The van der Waals surface area contributed by atoms with Crippen molar-refractivity contribution in [1.82, 2.24) is 0 Å². The predicted molar refractivity (Wildman–Crippen MR) is 65.5 cm³/mol. The minimum Gasteiger partial charge on any atom is -0.491 e. The van der Waals surface area contributed by atoms with E-state index >= 15 is 0 Å². The van der Waals surface area contributed by atoms with Crippen LogP contribution in [0.3, 0.4) is 0 Å². The van der Waals surface area contributed by atoms with Gasteiger partial charge < -0.3 is 18.9 Å². The van der Waals surface area contributed by atoms with Crippen LogP contribution in [0.1, 0.15) is 0 Å². The van der Waals surface area contributed by atoms with Crippen molar-refractivity contribution in [3.05, 3.63) is 30.3 Å². The lowest BCUT2D eigenvalue weighted by Gasteiger charge is -2.07. The van der Waals surface area contributed by atoms with Gasteiger partial charge in [0.15, 0.2) is 0 Å². The number of ether oxygens (including phenoxy) is 4. The summed E-state index contributed by atoms with van der Waals surface area (Å²) in [6.45, 7) is 3.54. The number of methoxy groups -OCH3 is 1. The molecule has 0 saturated carbocycles. The van der Waals surface area contributed by atoms with E-state index in [1.54, 1.807) is 7.11 Å². The summed E-state index contributed by atoms with van der Waals surface area (Å²) in [7, 11) is 1.65. The zero-order valence-electron chi connectivity index (χ0n) is 10.3. The minimum absolute atomic E-state index is 0.558. The highest BCUT2D eigenvalue weighted by molar-refractivity contribution is 5.20. The zero-order valence-corrected chi connectivity index (χ0v) is 10.3. The maximum atomic E-state index is 5.47. The van der Waals surface area contributed by atoms with Gasteiger partial charge in [0.25, 0.3) is 0 Å². The zero-order chi connectivity index (χ0) is 12.2. The van der Waals surface area contributed by atoms with Gasteiger partial charge in [-0.2, -0.15) is 0 Å². The first-order valence-corrected chi connectivity index (χ1v) is 5.76. The van der Waals surface area contributed by atoms with Crippen LogP contribution >= 0.6 is 0 Å². The van der Waals surface area contributed by atoms with E-state index in [1.807, 2.05) is 30.3 Å². The van der Waals surface area contributed by atoms with Crippen molar-refractivity contribution < 1.29 is 18.9 Å². The summed E-state index contributed by atoms with van der Waals surface area (Å²) in [5.41, 5.74) is 0. The van der Waals surface area contributed by atoms with Gasteiger partial charge in [-0.05, 0) is 12.1 Å². The van der Waals surface area contributed by atoms with Crippen LogP contribution in [-0.4, -0.2) is 46.8 Å². The Bertz CT molecular complexity index is 263. The highest BCUT2D eigenvalue weighted by Crippen LogP contribution is 2.07. The van der Waals surface area contributed by atoms with Gasteiger partial charge in [-0.1, -0.05) is 18.2 Å². The van der Waals surface area contributed by atoms with Crippen LogP contribution in [0.15, 0.2) is 30.3 Å². The van der Waals surface area contributed by atoms with Crippen molar-refractivity contribution in [3.63, 3.8) is 0 Å². The topological polar surface area (TPSA) is 36.9 Å². The first kappa shape index (κ1) is 14.0. The van der Waals surface area contributed by atoms with Gasteiger partial charge in [0.05, 0.1) is 33.0 Å². The largest absolute Gasteiger partial charge is 0.491 e. The summed E-state index contributed by atoms with van der Waals surface area (Å²) in [6.07, 6.45) is 0. The molecule has 0 radical (unpaired) electrons. The molecule has 0 heterocycles. The first-order valence-electron chi connectivity index (χ1n) is 5.76. The molecule has 1 rings (SSSR count). The molecule has 1 aromatic rings. The molecule has 0 aliphatic heterocycles. The van der Waals surface area contributed by atoms with Gasteiger partial charge in [0.1, 0.15) is 12.4 Å². The second kappa shape index (κ2) is 10.1. The Kier molecular flexibility index (Phi) is 8.28. The molecule has 0 aromatic heterocycles. The summed E-state index contributed by atoms with van der Waals surface area (Å²) in [5.74, 6) is 0.868. The first-order chi connectivity index (χ1) is 8.43. The third-order valence-electron chi connectivity index (χ3n) is 2.04. The summed E-state index contributed by atoms with van der Waals surface area (Å²) < 4.78 is 20.9. The Hall–Kier alpha value is -1.10. The molecule has 0 amide bonds. The van der Waals surface area contributed by atoms with Gasteiger partial charge in [0.2, 0.25) is 0 Å². The van der Waals surface area contributed by atoms with E-state index in [-0.39, 0.29) is 0 Å². The van der Waals surface area contributed by atoms with E-state index in [0.29, 0.717) is 39.6 Å². The molecule has 4 nitrogen and oxygen atoms in total. The fourth-order valence-corrected chi connectivity index (χ4v) is 1.20. The van der Waals surface area contributed by atoms with Crippen LogP contribution in [0.2, 0.25) is 0 Å². The molecule has 0 aliphatic carbocycles. The van der Waals surface area contributed by atoms with Crippen LogP contribution in [0.5, 0.6) is 5.75 Å². The van der Waals surface area contributed by atoms with Crippen LogP contribution in [0.4, 0.5) is 0 Å². The molecule has 0 spiro atoms. The average Bonchev–Trinajstić information content (AvgIpc) is 2.38. The molecule has 96 valence electrons. The second-order valence-electron chi connectivity index (χ2n) is 3.38. The number of rotatable bonds is 10. The van der Waals surface area contributed by atoms with Gasteiger partial charge in [-0.3, -0.25) is 0 Å². The standard InChI is InChI=1S/C13H20O4/c1-14-7-8-15-9-10-16-11-12-17-13-5-3-2-4-6-13/h2-6H,7-12H2,1H3. The van der Waals surface area contributed by atoms with Crippen LogP contribution in [-0.2, 0) is 14.2 Å². The maximum Gasteiger partial charge on any atom is 0.119 e. The minimum atomic E-state index is 0.558. The molecule has 0 N–H and O–H groups in total. The van der Waals surface area contributed by atoms with Crippen LogP contribution in [0, 0.1) is 0 Å². The van der Waals surface area contributed by atoms with Crippen molar-refractivity contribution in [1.29, 1.82) is 0 Å². The molecular formula is C13H20O4. The quantitative estimate of drug-likeness (QED) is 0.584. The molecule has 0 atom stereocenters. The summed E-state index contributed by atoms with van der Waals surface area (Å²) in [5, 5.41) is 0. The van der Waals surface area contributed by atoms with Gasteiger partial charge >= 0.3 is 0 Å². The third-order valence-corrected chi connectivity index (χ3v) is 2.04. The number of hydrogen-bond donors (Lipinski definition) is 0. The van der Waals surface area contributed by atoms with Gasteiger partial charge in [0, 0.05) is 7.11 Å². The smallest absolute Gasteiger partial charge is 0.119 e. The lowest BCUT2D eigenvalue weighted by atomic mass is 10.3. The SMILES string of the molecule is COCCOCCOCCOc1ccccc1. The number of para-hydroxylation sites is 1. The molecule has 1 aromatic carbocycles. The highest BCUT2D eigenvalue weighted by atomic mass is 16.6. The molecule has 0 unspecified atom stereocenters. The number of benzene rings is 1. The van der Waals surface area contributed by atoms with E-state index in [4.69, 9.17) is 18.9 Å². The van der Waals surface area contributed by atoms with E-state index < -0.39 is 0 Å². The molecule has 0 bridgehead atoms. The Morgan fingerprint density at radius 3 is 2.00 bits per heavy atom. The van der Waals surface area contributed by atoms with Crippen molar-refractivity contribution in [2.75, 3.05) is 46.8 Å². The normalized spacial score (nSPS) is 10.4. The van der Waals surface area contributed by atoms with Crippen molar-refractivity contribution in [3.8, 4) is 5.75 Å². The molecule has 4 heteroatoms. The van der Waals surface area contributed by atoms with E-state index in [9.17, 15) is 0 Å². The van der Waals surface area contributed by atoms with E-state index in [1.165, 1.54) is 0 Å². The van der Waals surface area contributed by atoms with Crippen LogP contribution in [0.25, 0.3) is 0 Å². The van der Waals surface area contributed by atoms with Crippen molar-refractivity contribution in [2.24, 2.45) is 0 Å². The third kappa shape index (κ3) is 7.74. The summed E-state index contributed by atoms with van der Waals surface area (Å²) in [4.78, 5) is 0. The number of hydrogen-bond acceptors (Lipinski definition) is 4. The molecule has 0 fully saturated rings. The summed E-state index contributed by atoms with van der Waals surface area (Å²) >= 11 is 0. The maximum absolute atomic E-state index is 5.47. The molecule has 0 aliphatic rings. The molecular weight excluding hydrogens is 220 g/mol. The highest BCUT2D eigenvalue weighted by Gasteiger charge is 1.92. The second-order valence-corrected chi connectivity index (χ2v) is 3.38. The Morgan fingerprint density at radius 2 is 1.35 bits per heavy atom. The van der Waals surface area contributed by atoms with Crippen molar-refractivity contribution in [2.45, 2.75) is 0 Å². The van der Waals surface area contributed by atoms with Crippen molar-refractivity contribution >= 4 is 0 Å². The predicted octanol–water partition coefficient (Wildman–Crippen LogP) is 1.74. The summed E-state index contributed by atoms with van der Waals surface area (Å²) in [6, 6.07) is 9.70. The monoisotopic (exact) mass is 240 g/mol. The van der Waals surface area contributed by atoms with Gasteiger partial charge in [-0.25, -0.2) is 0 Å². The van der Waals surface area contributed by atoms with Gasteiger partial charge in [-0.15, -0.1) is 0 Å². The lowest BCUT2D eigenvalue weighted by Crippen LogP contribution is -2.12. The lowest BCUT2D eigenvalue weighted by molar-refractivity contribution is 0.0180. The fourth-order valence-electron chi connectivity index (χ4n) is 1.20. The molecule has 17 heavy (non-hydrogen) atoms. The van der Waals surface area contributed by atoms with E-state index in [2.05, 4.69) is 0 Å². The Morgan fingerprint density at radius 1 is 0.765 bits per heavy atom. The molecule has 0 saturated heterocycles. The Labute approximate surface area is 102 Å².